The third kappa shape index (κ3) is 3.53. The molecule has 0 spiro atoms. The molecule has 1 saturated heterocycles. The third-order valence-electron chi connectivity index (χ3n) is 3.02. The van der Waals surface area contributed by atoms with Crippen LogP contribution in [0.25, 0.3) is 0 Å². The maximum Gasteiger partial charge on any atom is 0.224 e. The second-order valence-electron chi connectivity index (χ2n) is 4.39. The zero-order valence-corrected chi connectivity index (χ0v) is 9.71. The molecule has 0 radical (unpaired) electrons. The van der Waals surface area contributed by atoms with Gasteiger partial charge in [0.2, 0.25) is 5.91 Å². The molecule has 2 rings (SSSR count). The first-order valence-corrected chi connectivity index (χ1v) is 5.98. The van der Waals surface area contributed by atoms with Gasteiger partial charge in [-0.1, -0.05) is 12.1 Å². The van der Waals surface area contributed by atoms with Gasteiger partial charge in [-0.2, -0.15) is 0 Å². The lowest BCUT2D eigenvalue weighted by Gasteiger charge is -2.21. The molecule has 0 bridgehead atoms. The van der Waals surface area contributed by atoms with Gasteiger partial charge in [-0.3, -0.25) is 4.79 Å². The van der Waals surface area contributed by atoms with Crippen molar-refractivity contribution in [3.8, 4) is 0 Å². The molecule has 1 aromatic carbocycles. The number of hydrogen-bond acceptors (Lipinski definition) is 2. The number of halogens is 1. The van der Waals surface area contributed by atoms with Gasteiger partial charge in [0.05, 0.1) is 5.92 Å². The van der Waals surface area contributed by atoms with Gasteiger partial charge in [-0.25, -0.2) is 4.39 Å². The highest BCUT2D eigenvalue weighted by Crippen LogP contribution is 2.10. The molecule has 0 saturated carbocycles. The van der Waals surface area contributed by atoms with Crippen LogP contribution in [0.4, 0.5) is 4.39 Å². The SMILES string of the molecule is O=C(NCc1cccc(F)c1)[C@H]1CCCNC1. The summed E-state index contributed by atoms with van der Waals surface area (Å²) in [5, 5.41) is 6.05. The van der Waals surface area contributed by atoms with Crippen molar-refractivity contribution in [2.24, 2.45) is 5.92 Å². The van der Waals surface area contributed by atoms with Crippen molar-refractivity contribution in [2.45, 2.75) is 19.4 Å². The normalized spacial score (nSPS) is 19.9. The second kappa shape index (κ2) is 5.77. The lowest BCUT2D eigenvalue weighted by Crippen LogP contribution is -2.40. The number of amides is 1. The Balaban J connectivity index is 1.83. The van der Waals surface area contributed by atoms with Crippen LogP contribution in [0, 0.1) is 11.7 Å². The van der Waals surface area contributed by atoms with Gasteiger partial charge < -0.3 is 10.6 Å². The molecule has 4 heteroatoms. The fraction of sp³-hybridized carbons (Fsp3) is 0.462. The molecule has 1 aliphatic heterocycles. The van der Waals surface area contributed by atoms with E-state index in [1.807, 2.05) is 6.07 Å². The highest BCUT2D eigenvalue weighted by Gasteiger charge is 2.20. The Morgan fingerprint density at radius 3 is 3.12 bits per heavy atom. The molecule has 1 fully saturated rings. The summed E-state index contributed by atoms with van der Waals surface area (Å²) in [4.78, 5) is 11.8. The predicted octanol–water partition coefficient (Wildman–Crippen LogP) is 1.44. The number of hydrogen-bond donors (Lipinski definition) is 2. The number of piperidine rings is 1. The number of rotatable bonds is 3. The Morgan fingerprint density at radius 1 is 1.53 bits per heavy atom. The average molecular weight is 236 g/mol. The molecular weight excluding hydrogens is 219 g/mol. The first-order chi connectivity index (χ1) is 8.25. The zero-order chi connectivity index (χ0) is 12.1. The minimum absolute atomic E-state index is 0.0531. The summed E-state index contributed by atoms with van der Waals surface area (Å²) in [6, 6.07) is 6.30. The maximum atomic E-state index is 12.9. The molecule has 0 unspecified atom stereocenters. The van der Waals surface area contributed by atoms with Gasteiger partial charge >= 0.3 is 0 Å². The third-order valence-corrected chi connectivity index (χ3v) is 3.02. The summed E-state index contributed by atoms with van der Waals surface area (Å²) in [5.74, 6) is -0.158. The standard InChI is InChI=1S/C13H17FN2O/c14-12-5-1-3-10(7-12)8-16-13(17)11-4-2-6-15-9-11/h1,3,5,7,11,15H,2,4,6,8-9H2,(H,16,17)/t11-/m0/s1. The van der Waals surface area contributed by atoms with E-state index in [1.54, 1.807) is 6.07 Å². The summed E-state index contributed by atoms with van der Waals surface area (Å²) in [6.45, 7) is 2.13. The quantitative estimate of drug-likeness (QED) is 0.834. The zero-order valence-electron chi connectivity index (χ0n) is 9.71. The minimum atomic E-state index is -0.268. The smallest absolute Gasteiger partial charge is 0.224 e. The minimum Gasteiger partial charge on any atom is -0.352 e. The van der Waals surface area contributed by atoms with Crippen molar-refractivity contribution < 1.29 is 9.18 Å². The molecular formula is C13H17FN2O. The number of nitrogens with one attached hydrogen (secondary N) is 2. The van der Waals surface area contributed by atoms with E-state index in [-0.39, 0.29) is 17.6 Å². The van der Waals surface area contributed by atoms with Crippen LogP contribution >= 0.6 is 0 Å². The number of carbonyl (C=O) groups is 1. The van der Waals surface area contributed by atoms with Crippen LogP contribution in [-0.2, 0) is 11.3 Å². The summed E-state index contributed by atoms with van der Waals surface area (Å²) in [5.41, 5.74) is 0.794. The lowest BCUT2D eigenvalue weighted by molar-refractivity contribution is -0.125. The number of carbonyl (C=O) groups excluding carboxylic acids is 1. The van der Waals surface area contributed by atoms with Crippen LogP contribution in [0.1, 0.15) is 18.4 Å². The Morgan fingerprint density at radius 2 is 2.41 bits per heavy atom. The summed E-state index contributed by atoms with van der Waals surface area (Å²) in [7, 11) is 0. The highest BCUT2D eigenvalue weighted by atomic mass is 19.1. The highest BCUT2D eigenvalue weighted by molar-refractivity contribution is 5.78. The van der Waals surface area contributed by atoms with Crippen LogP contribution in [0.3, 0.4) is 0 Å². The first-order valence-electron chi connectivity index (χ1n) is 5.98. The fourth-order valence-corrected chi connectivity index (χ4v) is 2.06. The first kappa shape index (κ1) is 12.0. The van der Waals surface area contributed by atoms with Gasteiger partial charge in [0.1, 0.15) is 5.82 Å². The molecule has 1 aliphatic rings. The topological polar surface area (TPSA) is 41.1 Å². The van der Waals surface area contributed by atoms with Gasteiger partial charge in [0, 0.05) is 13.1 Å². The van der Waals surface area contributed by atoms with Gasteiger partial charge in [0.25, 0.3) is 0 Å². The molecule has 92 valence electrons. The monoisotopic (exact) mass is 236 g/mol. The van der Waals surface area contributed by atoms with Gasteiger partial charge in [-0.15, -0.1) is 0 Å². The predicted molar refractivity (Wildman–Crippen MR) is 63.8 cm³/mol. The van der Waals surface area contributed by atoms with Crippen molar-refractivity contribution in [1.29, 1.82) is 0 Å². The van der Waals surface area contributed by atoms with E-state index in [2.05, 4.69) is 10.6 Å². The Labute approximate surface area is 100 Å². The summed E-state index contributed by atoms with van der Waals surface area (Å²) < 4.78 is 12.9. The Hall–Kier alpha value is -1.42. The molecule has 1 amide bonds. The van der Waals surface area contributed by atoms with Gasteiger partial charge in [-0.05, 0) is 37.1 Å². The van der Waals surface area contributed by atoms with E-state index < -0.39 is 0 Å². The average Bonchev–Trinajstić information content (AvgIpc) is 2.37. The van der Waals surface area contributed by atoms with E-state index >= 15 is 0 Å². The molecule has 0 aromatic heterocycles. The van der Waals surface area contributed by atoms with E-state index in [0.717, 1.165) is 31.5 Å². The van der Waals surface area contributed by atoms with Crippen LogP contribution in [-0.4, -0.2) is 19.0 Å². The Kier molecular flexibility index (Phi) is 4.09. The second-order valence-corrected chi connectivity index (χ2v) is 4.39. The molecule has 1 aromatic rings. The van der Waals surface area contributed by atoms with Crippen molar-refractivity contribution in [1.82, 2.24) is 10.6 Å². The van der Waals surface area contributed by atoms with Crippen molar-refractivity contribution in [3.63, 3.8) is 0 Å². The molecule has 3 nitrogen and oxygen atoms in total. The van der Waals surface area contributed by atoms with E-state index in [9.17, 15) is 9.18 Å². The number of benzene rings is 1. The molecule has 1 heterocycles. The molecule has 17 heavy (non-hydrogen) atoms. The van der Waals surface area contributed by atoms with Gasteiger partial charge in [0.15, 0.2) is 0 Å². The van der Waals surface area contributed by atoms with E-state index in [1.165, 1.54) is 12.1 Å². The summed E-state index contributed by atoms with van der Waals surface area (Å²) in [6.07, 6.45) is 1.97. The molecule has 1 atom stereocenters. The van der Waals surface area contributed by atoms with Crippen molar-refractivity contribution in [3.05, 3.63) is 35.6 Å². The molecule has 2 N–H and O–H groups in total. The fourth-order valence-electron chi connectivity index (χ4n) is 2.06. The molecule has 0 aliphatic carbocycles. The van der Waals surface area contributed by atoms with Crippen LogP contribution in [0.15, 0.2) is 24.3 Å². The Bertz CT molecular complexity index is 389. The summed E-state index contributed by atoms with van der Waals surface area (Å²) >= 11 is 0. The van der Waals surface area contributed by atoms with E-state index in [4.69, 9.17) is 0 Å². The largest absolute Gasteiger partial charge is 0.352 e. The van der Waals surface area contributed by atoms with E-state index in [0.29, 0.717) is 6.54 Å². The van der Waals surface area contributed by atoms with Crippen molar-refractivity contribution >= 4 is 5.91 Å². The lowest BCUT2D eigenvalue weighted by atomic mass is 9.99. The maximum absolute atomic E-state index is 12.9. The van der Waals surface area contributed by atoms with Crippen LogP contribution < -0.4 is 10.6 Å². The van der Waals surface area contributed by atoms with Crippen LogP contribution in [0.2, 0.25) is 0 Å². The van der Waals surface area contributed by atoms with Crippen LogP contribution in [0.5, 0.6) is 0 Å². The van der Waals surface area contributed by atoms with Crippen molar-refractivity contribution in [2.75, 3.05) is 13.1 Å².